The van der Waals surface area contributed by atoms with E-state index in [-0.39, 0.29) is 5.91 Å². The van der Waals surface area contributed by atoms with Gasteiger partial charge in [0.1, 0.15) is 0 Å². The molecule has 1 aliphatic carbocycles. The first kappa shape index (κ1) is 15.3. The molecule has 4 heteroatoms. The fourth-order valence-corrected chi connectivity index (χ4v) is 3.06. The zero-order valence-electron chi connectivity index (χ0n) is 12.2. The van der Waals surface area contributed by atoms with E-state index < -0.39 is 0 Å². The van der Waals surface area contributed by atoms with Crippen LogP contribution in [0.15, 0.2) is 24.3 Å². The Bertz CT molecular complexity index is 446. The van der Waals surface area contributed by atoms with Crippen molar-refractivity contribution in [3.63, 3.8) is 0 Å². The summed E-state index contributed by atoms with van der Waals surface area (Å²) in [4.78, 5) is 11.9. The number of hydrogen-bond acceptors (Lipinski definition) is 2. The Morgan fingerprint density at radius 3 is 2.60 bits per heavy atom. The maximum Gasteiger partial charge on any atom is 0.238 e. The number of anilines is 1. The number of carbonyl (C=O) groups is 1. The maximum atomic E-state index is 11.9. The molecule has 20 heavy (non-hydrogen) atoms. The van der Waals surface area contributed by atoms with Gasteiger partial charge in [0, 0.05) is 16.8 Å². The average molecular weight is 295 g/mol. The van der Waals surface area contributed by atoms with Crippen molar-refractivity contribution in [1.82, 2.24) is 5.32 Å². The fraction of sp³-hybridized carbons (Fsp3) is 0.562. The Morgan fingerprint density at radius 1 is 1.25 bits per heavy atom. The third kappa shape index (κ3) is 4.50. The highest BCUT2D eigenvalue weighted by molar-refractivity contribution is 6.30. The molecule has 3 nitrogen and oxygen atoms in total. The molecule has 0 saturated heterocycles. The van der Waals surface area contributed by atoms with Gasteiger partial charge in [0.05, 0.1) is 6.54 Å². The van der Waals surface area contributed by atoms with Crippen molar-refractivity contribution in [2.75, 3.05) is 11.9 Å². The van der Waals surface area contributed by atoms with Crippen LogP contribution in [0, 0.1) is 11.8 Å². The molecule has 1 fully saturated rings. The second-order valence-electron chi connectivity index (χ2n) is 5.94. The van der Waals surface area contributed by atoms with Crippen molar-refractivity contribution < 1.29 is 4.79 Å². The fourth-order valence-electron chi connectivity index (χ4n) is 2.93. The molecule has 3 atom stereocenters. The van der Waals surface area contributed by atoms with Gasteiger partial charge in [0.15, 0.2) is 0 Å². The molecule has 110 valence electrons. The minimum atomic E-state index is -0.00172. The van der Waals surface area contributed by atoms with Gasteiger partial charge < -0.3 is 10.6 Å². The average Bonchev–Trinajstić information content (AvgIpc) is 2.40. The lowest BCUT2D eigenvalue weighted by Crippen LogP contribution is -2.42. The van der Waals surface area contributed by atoms with Gasteiger partial charge in [0.25, 0.3) is 0 Å². The van der Waals surface area contributed by atoms with Crippen molar-refractivity contribution in [1.29, 1.82) is 0 Å². The van der Waals surface area contributed by atoms with E-state index in [0.717, 1.165) is 18.0 Å². The summed E-state index contributed by atoms with van der Waals surface area (Å²) in [6, 6.07) is 7.63. The molecular weight excluding hydrogens is 272 g/mol. The summed E-state index contributed by atoms with van der Waals surface area (Å²) >= 11 is 5.81. The lowest BCUT2D eigenvalue weighted by atomic mass is 9.80. The predicted molar refractivity (Wildman–Crippen MR) is 84.1 cm³/mol. The lowest BCUT2D eigenvalue weighted by Gasteiger charge is -2.33. The summed E-state index contributed by atoms with van der Waals surface area (Å²) in [5, 5.41) is 6.93. The van der Waals surface area contributed by atoms with Crippen LogP contribution in [0.1, 0.15) is 33.1 Å². The van der Waals surface area contributed by atoms with E-state index in [1.165, 1.54) is 12.8 Å². The highest BCUT2D eigenvalue weighted by atomic mass is 35.5. The molecule has 0 heterocycles. The van der Waals surface area contributed by atoms with Gasteiger partial charge in [-0.2, -0.15) is 0 Å². The molecule has 2 rings (SSSR count). The van der Waals surface area contributed by atoms with Gasteiger partial charge in [-0.25, -0.2) is 0 Å². The number of hydrogen-bond donors (Lipinski definition) is 2. The lowest BCUT2D eigenvalue weighted by molar-refractivity contribution is -0.115. The molecule has 0 spiro atoms. The van der Waals surface area contributed by atoms with E-state index in [4.69, 9.17) is 11.6 Å². The number of carbonyl (C=O) groups excluding carboxylic acids is 1. The maximum absolute atomic E-state index is 11.9. The van der Waals surface area contributed by atoms with E-state index in [0.29, 0.717) is 23.5 Å². The van der Waals surface area contributed by atoms with Gasteiger partial charge in [-0.15, -0.1) is 0 Å². The highest BCUT2D eigenvalue weighted by Gasteiger charge is 2.25. The topological polar surface area (TPSA) is 41.1 Å². The molecule has 1 aromatic rings. The summed E-state index contributed by atoms with van der Waals surface area (Å²) in [7, 11) is 0. The van der Waals surface area contributed by atoms with Crippen LogP contribution in [-0.4, -0.2) is 18.5 Å². The van der Waals surface area contributed by atoms with E-state index in [2.05, 4.69) is 24.5 Å². The smallest absolute Gasteiger partial charge is 0.238 e. The molecule has 2 N–H and O–H groups in total. The summed E-state index contributed by atoms with van der Waals surface area (Å²) in [6.45, 7) is 4.94. The predicted octanol–water partition coefficient (Wildman–Crippen LogP) is 3.69. The van der Waals surface area contributed by atoms with Crippen LogP contribution in [-0.2, 0) is 4.79 Å². The van der Waals surface area contributed by atoms with Crippen LogP contribution in [0.4, 0.5) is 5.69 Å². The van der Waals surface area contributed by atoms with Crippen molar-refractivity contribution in [3.8, 4) is 0 Å². The van der Waals surface area contributed by atoms with Gasteiger partial charge in [0.2, 0.25) is 5.91 Å². The van der Waals surface area contributed by atoms with E-state index in [1.807, 2.05) is 12.1 Å². The first-order chi connectivity index (χ1) is 9.54. The number of amides is 1. The van der Waals surface area contributed by atoms with Crippen LogP contribution in [0.25, 0.3) is 0 Å². The Morgan fingerprint density at radius 2 is 1.95 bits per heavy atom. The summed E-state index contributed by atoms with van der Waals surface area (Å²) < 4.78 is 0. The molecular formula is C16H23ClN2O. The second kappa shape index (κ2) is 7.09. The third-order valence-corrected chi connectivity index (χ3v) is 4.34. The molecule has 1 aromatic carbocycles. The normalized spacial score (nSPS) is 26.2. The van der Waals surface area contributed by atoms with Crippen molar-refractivity contribution in [2.24, 2.45) is 11.8 Å². The minimum absolute atomic E-state index is 0.00172. The molecule has 1 aliphatic rings. The minimum Gasteiger partial charge on any atom is -0.325 e. The standard InChI is InChI=1S/C16H23ClN2O/c1-11-3-8-15(12(2)9-11)18-10-16(20)19-14-6-4-13(17)5-7-14/h4-7,11-12,15,18H,3,8-10H2,1-2H3,(H,19,20). The zero-order chi connectivity index (χ0) is 14.5. The van der Waals surface area contributed by atoms with Crippen LogP contribution < -0.4 is 10.6 Å². The molecule has 0 radical (unpaired) electrons. The molecule has 0 aromatic heterocycles. The van der Waals surface area contributed by atoms with Gasteiger partial charge in [-0.3, -0.25) is 4.79 Å². The van der Waals surface area contributed by atoms with E-state index >= 15 is 0 Å². The van der Waals surface area contributed by atoms with Crippen LogP contribution in [0.5, 0.6) is 0 Å². The van der Waals surface area contributed by atoms with Crippen molar-refractivity contribution >= 4 is 23.2 Å². The van der Waals surface area contributed by atoms with E-state index in [1.54, 1.807) is 12.1 Å². The molecule has 0 aliphatic heterocycles. The zero-order valence-corrected chi connectivity index (χ0v) is 12.9. The highest BCUT2D eigenvalue weighted by Crippen LogP contribution is 2.28. The SMILES string of the molecule is CC1CCC(NCC(=O)Nc2ccc(Cl)cc2)C(C)C1. The number of benzene rings is 1. The van der Waals surface area contributed by atoms with Crippen LogP contribution >= 0.6 is 11.6 Å². The molecule has 1 amide bonds. The van der Waals surface area contributed by atoms with Crippen LogP contribution in [0.3, 0.4) is 0 Å². The van der Waals surface area contributed by atoms with Gasteiger partial charge >= 0.3 is 0 Å². The molecule has 3 unspecified atom stereocenters. The van der Waals surface area contributed by atoms with E-state index in [9.17, 15) is 4.79 Å². The van der Waals surface area contributed by atoms with Crippen molar-refractivity contribution in [2.45, 2.75) is 39.2 Å². The Kier molecular flexibility index (Phi) is 5.44. The molecule has 1 saturated carbocycles. The number of rotatable bonds is 4. The third-order valence-electron chi connectivity index (χ3n) is 4.08. The largest absolute Gasteiger partial charge is 0.325 e. The summed E-state index contributed by atoms with van der Waals surface area (Å²) in [5.74, 6) is 1.45. The first-order valence-corrected chi connectivity index (χ1v) is 7.71. The summed E-state index contributed by atoms with van der Waals surface area (Å²) in [6.07, 6.45) is 3.66. The monoisotopic (exact) mass is 294 g/mol. The Labute approximate surface area is 126 Å². The first-order valence-electron chi connectivity index (χ1n) is 7.33. The van der Waals surface area contributed by atoms with Crippen molar-refractivity contribution in [3.05, 3.63) is 29.3 Å². The Balaban J connectivity index is 1.76. The van der Waals surface area contributed by atoms with Gasteiger partial charge in [-0.1, -0.05) is 25.4 Å². The number of halogens is 1. The van der Waals surface area contributed by atoms with Crippen LogP contribution in [0.2, 0.25) is 5.02 Å². The number of nitrogens with one attached hydrogen (secondary N) is 2. The van der Waals surface area contributed by atoms with Gasteiger partial charge in [-0.05, 0) is 55.4 Å². The summed E-state index contributed by atoms with van der Waals surface area (Å²) in [5.41, 5.74) is 0.784. The Hall–Kier alpha value is -1.06. The second-order valence-corrected chi connectivity index (χ2v) is 6.37. The quantitative estimate of drug-likeness (QED) is 0.889. The molecule has 0 bridgehead atoms.